The minimum absolute atomic E-state index is 0.00306. The molecule has 0 aromatic carbocycles. The summed E-state index contributed by atoms with van der Waals surface area (Å²) < 4.78 is 18.0. The highest BCUT2D eigenvalue weighted by atomic mass is 19.1. The van der Waals surface area contributed by atoms with E-state index in [0.29, 0.717) is 0 Å². The molecular formula is C11H15FN2O3. The first-order chi connectivity index (χ1) is 7.80. The van der Waals surface area contributed by atoms with Crippen LogP contribution in [0.2, 0.25) is 0 Å². The summed E-state index contributed by atoms with van der Waals surface area (Å²) in [6.45, 7) is 4.74. The molecule has 6 heteroatoms. The highest BCUT2D eigenvalue weighted by Gasteiger charge is 2.16. The molecule has 0 saturated heterocycles. The van der Waals surface area contributed by atoms with Crippen molar-refractivity contribution in [2.24, 2.45) is 0 Å². The zero-order valence-corrected chi connectivity index (χ0v) is 9.95. The summed E-state index contributed by atoms with van der Waals surface area (Å²) in [5.74, 6) is -0.585. The van der Waals surface area contributed by atoms with Crippen molar-refractivity contribution in [1.82, 2.24) is 4.98 Å². The summed E-state index contributed by atoms with van der Waals surface area (Å²) in [5.41, 5.74) is -0.506. The maximum absolute atomic E-state index is 13.1. The van der Waals surface area contributed by atoms with Crippen molar-refractivity contribution in [3.63, 3.8) is 0 Å². The maximum Gasteiger partial charge on any atom is 0.413 e. The molecule has 0 atom stereocenters. The van der Waals surface area contributed by atoms with Gasteiger partial charge in [-0.25, -0.2) is 14.2 Å². The van der Waals surface area contributed by atoms with Crippen LogP contribution in [-0.4, -0.2) is 21.8 Å². The normalized spacial score (nSPS) is 11.1. The third kappa shape index (κ3) is 4.78. The van der Waals surface area contributed by atoms with Gasteiger partial charge in [0.15, 0.2) is 0 Å². The van der Waals surface area contributed by atoms with Crippen LogP contribution in [0.3, 0.4) is 0 Å². The minimum atomic E-state index is -0.723. The van der Waals surface area contributed by atoms with E-state index in [-0.39, 0.29) is 11.5 Å². The van der Waals surface area contributed by atoms with E-state index in [2.05, 4.69) is 10.3 Å². The second-order valence-corrected chi connectivity index (χ2v) is 4.45. The fourth-order valence-electron chi connectivity index (χ4n) is 1.10. The molecule has 1 amide bonds. The molecule has 0 unspecified atom stereocenters. The van der Waals surface area contributed by atoms with Gasteiger partial charge in [-0.2, -0.15) is 0 Å². The maximum atomic E-state index is 13.1. The highest BCUT2D eigenvalue weighted by Crippen LogP contribution is 2.12. The van der Waals surface area contributed by atoms with Gasteiger partial charge >= 0.3 is 6.09 Å². The third-order valence-corrected chi connectivity index (χ3v) is 1.63. The first-order valence-electron chi connectivity index (χ1n) is 5.07. The molecule has 1 heterocycles. The summed E-state index contributed by atoms with van der Waals surface area (Å²) >= 11 is 0. The smallest absolute Gasteiger partial charge is 0.413 e. The molecule has 94 valence electrons. The Morgan fingerprint density at radius 1 is 1.53 bits per heavy atom. The number of anilines is 1. The number of ether oxygens (including phenoxy) is 1. The van der Waals surface area contributed by atoms with Crippen LogP contribution in [-0.2, 0) is 11.3 Å². The Morgan fingerprint density at radius 3 is 2.71 bits per heavy atom. The molecule has 17 heavy (non-hydrogen) atoms. The van der Waals surface area contributed by atoms with Gasteiger partial charge in [0, 0.05) is 6.07 Å². The van der Waals surface area contributed by atoms with E-state index in [1.54, 1.807) is 20.8 Å². The van der Waals surface area contributed by atoms with E-state index in [4.69, 9.17) is 9.84 Å². The van der Waals surface area contributed by atoms with E-state index in [1.165, 1.54) is 0 Å². The molecule has 5 nitrogen and oxygen atoms in total. The SMILES string of the molecule is CC(C)(C)OC(=O)Nc1cc(F)cc(CO)n1. The van der Waals surface area contributed by atoms with Crippen molar-refractivity contribution in [1.29, 1.82) is 0 Å². The van der Waals surface area contributed by atoms with E-state index in [9.17, 15) is 9.18 Å². The van der Waals surface area contributed by atoms with Crippen LogP contribution in [0.1, 0.15) is 26.5 Å². The summed E-state index contributed by atoms with van der Waals surface area (Å²) in [6.07, 6.45) is -0.723. The number of hydrogen-bond donors (Lipinski definition) is 2. The number of rotatable bonds is 2. The molecule has 0 aliphatic heterocycles. The Labute approximate surface area is 98.6 Å². The van der Waals surface area contributed by atoms with Gasteiger partial charge in [0.2, 0.25) is 0 Å². The Kier molecular flexibility index (Phi) is 4.01. The number of amides is 1. The van der Waals surface area contributed by atoms with E-state index >= 15 is 0 Å². The second kappa shape index (κ2) is 5.09. The first-order valence-corrected chi connectivity index (χ1v) is 5.07. The number of aliphatic hydroxyl groups excluding tert-OH is 1. The number of nitrogens with zero attached hydrogens (tertiary/aromatic N) is 1. The van der Waals surface area contributed by atoms with Crippen LogP contribution < -0.4 is 5.32 Å². The Morgan fingerprint density at radius 2 is 2.18 bits per heavy atom. The average Bonchev–Trinajstić information content (AvgIpc) is 2.13. The molecule has 2 N–H and O–H groups in total. The van der Waals surface area contributed by atoms with Crippen molar-refractivity contribution in [2.75, 3.05) is 5.32 Å². The molecule has 0 radical (unpaired) electrons. The summed E-state index contributed by atoms with van der Waals surface area (Å²) in [4.78, 5) is 15.2. The summed E-state index contributed by atoms with van der Waals surface area (Å²) in [5, 5.41) is 11.1. The van der Waals surface area contributed by atoms with Crippen LogP contribution in [0, 0.1) is 5.82 Å². The number of halogens is 1. The minimum Gasteiger partial charge on any atom is -0.444 e. The predicted molar refractivity (Wildman–Crippen MR) is 60.0 cm³/mol. The fraction of sp³-hybridized carbons (Fsp3) is 0.455. The summed E-state index contributed by atoms with van der Waals surface area (Å²) in [7, 11) is 0. The van der Waals surface area contributed by atoms with Crippen LogP contribution in [0.15, 0.2) is 12.1 Å². The Balaban J connectivity index is 2.74. The van der Waals surface area contributed by atoms with Gasteiger partial charge in [-0.05, 0) is 26.8 Å². The molecule has 0 aliphatic rings. The molecule has 1 rings (SSSR count). The molecule has 0 aliphatic carbocycles. The third-order valence-electron chi connectivity index (χ3n) is 1.63. The van der Waals surface area contributed by atoms with Crippen molar-refractivity contribution in [3.8, 4) is 0 Å². The zero-order valence-electron chi connectivity index (χ0n) is 9.95. The molecule has 0 saturated carbocycles. The van der Waals surface area contributed by atoms with Gasteiger partial charge in [-0.3, -0.25) is 5.32 Å². The van der Waals surface area contributed by atoms with Crippen LogP contribution in [0.5, 0.6) is 0 Å². The monoisotopic (exact) mass is 242 g/mol. The van der Waals surface area contributed by atoms with Gasteiger partial charge in [-0.15, -0.1) is 0 Å². The first kappa shape index (κ1) is 13.4. The Bertz CT molecular complexity index is 416. The number of pyridine rings is 1. The van der Waals surface area contributed by atoms with E-state index in [1.807, 2.05) is 0 Å². The zero-order chi connectivity index (χ0) is 13.1. The quantitative estimate of drug-likeness (QED) is 0.832. The van der Waals surface area contributed by atoms with Crippen molar-refractivity contribution < 1.29 is 19.0 Å². The van der Waals surface area contributed by atoms with E-state index in [0.717, 1.165) is 12.1 Å². The largest absolute Gasteiger partial charge is 0.444 e. The lowest BCUT2D eigenvalue weighted by Crippen LogP contribution is -2.27. The topological polar surface area (TPSA) is 71.5 Å². The lowest BCUT2D eigenvalue weighted by molar-refractivity contribution is 0.0635. The highest BCUT2D eigenvalue weighted by molar-refractivity contribution is 5.83. The number of carbonyl (C=O) groups is 1. The predicted octanol–water partition coefficient (Wildman–Crippen LogP) is 2.06. The second-order valence-electron chi connectivity index (χ2n) is 4.45. The average molecular weight is 242 g/mol. The molecule has 0 fully saturated rings. The molecule has 1 aromatic heterocycles. The van der Waals surface area contributed by atoms with Crippen molar-refractivity contribution >= 4 is 11.9 Å². The van der Waals surface area contributed by atoms with E-state index < -0.39 is 24.1 Å². The number of aliphatic hydroxyl groups is 1. The molecule has 0 bridgehead atoms. The molecule has 0 spiro atoms. The lowest BCUT2D eigenvalue weighted by Gasteiger charge is -2.19. The van der Waals surface area contributed by atoms with Crippen molar-refractivity contribution in [3.05, 3.63) is 23.6 Å². The van der Waals surface area contributed by atoms with Crippen molar-refractivity contribution in [2.45, 2.75) is 33.0 Å². The number of aromatic nitrogens is 1. The van der Waals surface area contributed by atoms with Crippen LogP contribution >= 0.6 is 0 Å². The standard InChI is InChI=1S/C11H15FN2O3/c1-11(2,3)17-10(16)14-9-5-7(12)4-8(6-15)13-9/h4-5,15H,6H2,1-3H3,(H,13,14,16). The summed E-state index contributed by atoms with van der Waals surface area (Å²) in [6, 6.07) is 2.13. The molecular weight excluding hydrogens is 227 g/mol. The molecule has 1 aromatic rings. The van der Waals surface area contributed by atoms with Crippen LogP contribution in [0.25, 0.3) is 0 Å². The number of nitrogens with one attached hydrogen (secondary N) is 1. The van der Waals surface area contributed by atoms with Gasteiger partial charge in [0.05, 0.1) is 12.3 Å². The van der Waals surface area contributed by atoms with Gasteiger partial charge in [-0.1, -0.05) is 0 Å². The van der Waals surface area contributed by atoms with Gasteiger partial charge < -0.3 is 9.84 Å². The number of carbonyl (C=O) groups excluding carboxylic acids is 1. The Hall–Kier alpha value is -1.69. The lowest BCUT2D eigenvalue weighted by atomic mass is 10.2. The van der Waals surface area contributed by atoms with Gasteiger partial charge in [0.25, 0.3) is 0 Å². The number of hydrogen-bond acceptors (Lipinski definition) is 4. The fourth-order valence-corrected chi connectivity index (χ4v) is 1.10. The van der Waals surface area contributed by atoms with Gasteiger partial charge in [0.1, 0.15) is 17.2 Å². The van der Waals surface area contributed by atoms with Crippen LogP contribution in [0.4, 0.5) is 15.0 Å².